The fourth-order valence-corrected chi connectivity index (χ4v) is 2.97. The third kappa shape index (κ3) is 3.72. The third-order valence-corrected chi connectivity index (χ3v) is 4.36. The Morgan fingerprint density at radius 1 is 1.10 bits per heavy atom. The average Bonchev–Trinajstić information content (AvgIpc) is 3.25. The van der Waals surface area contributed by atoms with E-state index >= 15 is 0 Å². The molecule has 0 amide bonds. The summed E-state index contributed by atoms with van der Waals surface area (Å²) in [7, 11) is 0. The molecule has 2 heteroatoms. The molecule has 3 rings (SSSR count). The van der Waals surface area contributed by atoms with Crippen LogP contribution in [0.25, 0.3) is 0 Å². The van der Waals surface area contributed by atoms with Crippen LogP contribution < -0.4 is 5.32 Å². The zero-order chi connectivity index (χ0) is 14.7. The summed E-state index contributed by atoms with van der Waals surface area (Å²) in [4.78, 5) is 0. The van der Waals surface area contributed by atoms with Crippen molar-refractivity contribution in [1.29, 1.82) is 0 Å². The Bertz CT molecular complexity index is 581. The molecule has 1 fully saturated rings. The van der Waals surface area contributed by atoms with Crippen LogP contribution >= 0.6 is 0 Å². The van der Waals surface area contributed by atoms with Crippen LogP contribution in [-0.2, 0) is 13.0 Å². The molecule has 3 unspecified atom stereocenters. The number of hydrogen-bond acceptors (Lipinski definition) is 2. The summed E-state index contributed by atoms with van der Waals surface area (Å²) in [5, 5.41) is 12.9. The molecular formula is C19H23NO. The van der Waals surface area contributed by atoms with Crippen LogP contribution in [0.1, 0.15) is 36.1 Å². The lowest BCUT2D eigenvalue weighted by Gasteiger charge is -2.15. The van der Waals surface area contributed by atoms with E-state index in [1.807, 2.05) is 12.1 Å². The largest absolute Gasteiger partial charge is 0.392 e. The Morgan fingerprint density at radius 2 is 1.86 bits per heavy atom. The Kier molecular flexibility index (Phi) is 4.37. The van der Waals surface area contributed by atoms with Crippen LogP contribution in [0.15, 0.2) is 54.6 Å². The topological polar surface area (TPSA) is 32.3 Å². The first-order chi connectivity index (χ1) is 10.3. The van der Waals surface area contributed by atoms with Gasteiger partial charge in [0.05, 0.1) is 6.61 Å². The van der Waals surface area contributed by atoms with Crippen LogP contribution in [0.2, 0.25) is 0 Å². The molecule has 0 aromatic heterocycles. The fourth-order valence-electron chi connectivity index (χ4n) is 2.97. The average molecular weight is 281 g/mol. The zero-order valence-corrected chi connectivity index (χ0v) is 12.5. The molecule has 110 valence electrons. The lowest BCUT2D eigenvalue weighted by Crippen LogP contribution is -2.22. The highest BCUT2D eigenvalue weighted by atomic mass is 16.3. The summed E-state index contributed by atoms with van der Waals surface area (Å²) in [6.45, 7) is 2.31. The van der Waals surface area contributed by atoms with E-state index in [-0.39, 0.29) is 6.61 Å². The molecule has 0 spiro atoms. The quantitative estimate of drug-likeness (QED) is 0.850. The molecule has 0 saturated heterocycles. The molecule has 2 aromatic rings. The first kappa shape index (κ1) is 14.3. The Hall–Kier alpha value is -1.64. The molecule has 2 nitrogen and oxygen atoms in total. The highest BCUT2D eigenvalue weighted by Gasteiger charge is 2.37. The summed E-state index contributed by atoms with van der Waals surface area (Å²) >= 11 is 0. The highest BCUT2D eigenvalue weighted by molar-refractivity contribution is 5.26. The van der Waals surface area contributed by atoms with Gasteiger partial charge in [-0.3, -0.25) is 0 Å². The van der Waals surface area contributed by atoms with Crippen molar-refractivity contribution in [2.24, 2.45) is 5.92 Å². The molecule has 0 aliphatic heterocycles. The minimum atomic E-state index is 0.112. The summed E-state index contributed by atoms with van der Waals surface area (Å²) in [5.41, 5.74) is 3.67. The fraction of sp³-hybridized carbons (Fsp3) is 0.368. The number of hydrogen-bond donors (Lipinski definition) is 2. The maximum Gasteiger partial charge on any atom is 0.0681 e. The maximum atomic E-state index is 9.22. The SMILES string of the molecule is CC(NC1CC1Cc1ccccc1)c1cccc(CO)c1. The van der Waals surface area contributed by atoms with Gasteiger partial charge in [0.15, 0.2) is 0 Å². The predicted octanol–water partition coefficient (Wildman–Crippen LogP) is 3.46. The minimum Gasteiger partial charge on any atom is -0.392 e. The molecule has 21 heavy (non-hydrogen) atoms. The van der Waals surface area contributed by atoms with Gasteiger partial charge in [-0.15, -0.1) is 0 Å². The molecule has 1 aliphatic rings. The van der Waals surface area contributed by atoms with E-state index in [2.05, 4.69) is 54.7 Å². The van der Waals surface area contributed by atoms with Gasteiger partial charge in [0.1, 0.15) is 0 Å². The maximum absolute atomic E-state index is 9.22. The molecule has 2 aromatic carbocycles. The van der Waals surface area contributed by atoms with Crippen molar-refractivity contribution in [3.05, 3.63) is 71.3 Å². The van der Waals surface area contributed by atoms with E-state index in [0.717, 1.165) is 11.5 Å². The molecular weight excluding hydrogens is 258 g/mol. The lowest BCUT2D eigenvalue weighted by molar-refractivity contribution is 0.281. The van der Waals surface area contributed by atoms with E-state index in [1.165, 1.54) is 24.0 Å². The zero-order valence-electron chi connectivity index (χ0n) is 12.5. The monoisotopic (exact) mass is 281 g/mol. The summed E-state index contributed by atoms with van der Waals surface area (Å²) in [5.74, 6) is 0.760. The molecule has 1 saturated carbocycles. The predicted molar refractivity (Wildman–Crippen MR) is 86.0 cm³/mol. The number of aliphatic hydroxyl groups is 1. The van der Waals surface area contributed by atoms with Crippen molar-refractivity contribution in [2.75, 3.05) is 0 Å². The van der Waals surface area contributed by atoms with Gasteiger partial charge in [0.2, 0.25) is 0 Å². The molecule has 2 N–H and O–H groups in total. The van der Waals surface area contributed by atoms with E-state index < -0.39 is 0 Å². The second-order valence-electron chi connectivity index (χ2n) is 6.08. The molecule has 0 heterocycles. The Labute approximate surface area is 126 Å². The van der Waals surface area contributed by atoms with E-state index in [4.69, 9.17) is 0 Å². The third-order valence-electron chi connectivity index (χ3n) is 4.36. The second-order valence-corrected chi connectivity index (χ2v) is 6.08. The standard InChI is InChI=1S/C19H23NO/c1-14(17-9-5-8-16(11-17)13-21)20-19-12-18(19)10-15-6-3-2-4-7-15/h2-9,11,14,18-21H,10,12-13H2,1H3. The summed E-state index contributed by atoms with van der Waals surface area (Å²) < 4.78 is 0. The summed E-state index contributed by atoms with van der Waals surface area (Å²) in [6.07, 6.45) is 2.43. The van der Waals surface area contributed by atoms with Crippen molar-refractivity contribution >= 4 is 0 Å². The summed E-state index contributed by atoms with van der Waals surface area (Å²) in [6, 6.07) is 19.9. The smallest absolute Gasteiger partial charge is 0.0681 e. The van der Waals surface area contributed by atoms with Gasteiger partial charge in [-0.25, -0.2) is 0 Å². The van der Waals surface area contributed by atoms with Crippen LogP contribution in [0.4, 0.5) is 0 Å². The number of nitrogens with one attached hydrogen (secondary N) is 1. The van der Waals surface area contributed by atoms with Crippen LogP contribution in [0, 0.1) is 5.92 Å². The highest BCUT2D eigenvalue weighted by Crippen LogP contribution is 2.35. The van der Waals surface area contributed by atoms with Crippen LogP contribution in [0.5, 0.6) is 0 Å². The van der Waals surface area contributed by atoms with Crippen molar-refractivity contribution < 1.29 is 5.11 Å². The first-order valence-electron chi connectivity index (χ1n) is 7.76. The number of rotatable bonds is 6. The molecule has 1 aliphatic carbocycles. The number of benzene rings is 2. The van der Waals surface area contributed by atoms with E-state index in [9.17, 15) is 5.11 Å². The first-order valence-corrected chi connectivity index (χ1v) is 7.76. The Morgan fingerprint density at radius 3 is 2.62 bits per heavy atom. The van der Waals surface area contributed by atoms with Gasteiger partial charge >= 0.3 is 0 Å². The van der Waals surface area contributed by atoms with Crippen molar-refractivity contribution in [3.8, 4) is 0 Å². The van der Waals surface area contributed by atoms with Gasteiger partial charge in [-0.05, 0) is 42.4 Å². The number of aliphatic hydroxyl groups excluding tert-OH is 1. The van der Waals surface area contributed by atoms with Gasteiger partial charge in [-0.2, -0.15) is 0 Å². The normalized spacial score (nSPS) is 22.0. The van der Waals surface area contributed by atoms with Crippen LogP contribution in [-0.4, -0.2) is 11.1 Å². The second kappa shape index (κ2) is 6.42. The van der Waals surface area contributed by atoms with Gasteiger partial charge in [0.25, 0.3) is 0 Å². The van der Waals surface area contributed by atoms with Crippen molar-refractivity contribution in [2.45, 2.75) is 38.5 Å². The van der Waals surface area contributed by atoms with E-state index in [0.29, 0.717) is 12.1 Å². The minimum absolute atomic E-state index is 0.112. The van der Waals surface area contributed by atoms with Gasteiger partial charge in [-0.1, -0.05) is 54.6 Å². The lowest BCUT2D eigenvalue weighted by atomic mass is 10.0. The van der Waals surface area contributed by atoms with Gasteiger partial charge in [0, 0.05) is 12.1 Å². The van der Waals surface area contributed by atoms with Crippen LogP contribution in [0.3, 0.4) is 0 Å². The van der Waals surface area contributed by atoms with Gasteiger partial charge < -0.3 is 10.4 Å². The molecule has 0 radical (unpaired) electrons. The molecule has 3 atom stereocenters. The van der Waals surface area contributed by atoms with Crippen molar-refractivity contribution in [1.82, 2.24) is 5.32 Å². The van der Waals surface area contributed by atoms with E-state index in [1.54, 1.807) is 0 Å². The van der Waals surface area contributed by atoms with Crippen molar-refractivity contribution in [3.63, 3.8) is 0 Å². The molecule has 0 bridgehead atoms. The Balaban J connectivity index is 1.53.